The van der Waals surface area contributed by atoms with Gasteiger partial charge in [0.2, 0.25) is 0 Å². The van der Waals surface area contributed by atoms with Crippen LogP contribution in [0.4, 0.5) is 0 Å². The van der Waals surface area contributed by atoms with Crippen molar-refractivity contribution in [1.29, 1.82) is 0 Å². The minimum atomic E-state index is -0.309. The van der Waals surface area contributed by atoms with Crippen LogP contribution in [0.15, 0.2) is 30.3 Å². The lowest BCUT2D eigenvalue weighted by molar-refractivity contribution is 0.115. The summed E-state index contributed by atoms with van der Waals surface area (Å²) in [6, 6.07) is 9.82. The molecule has 0 saturated heterocycles. The Hall–Kier alpha value is -0.820. The molecule has 0 saturated carbocycles. The second-order valence-electron chi connectivity index (χ2n) is 3.24. The summed E-state index contributed by atoms with van der Waals surface area (Å²) in [6.45, 7) is 4.16. The van der Waals surface area contributed by atoms with Crippen LogP contribution in [0.1, 0.15) is 31.9 Å². The quantitative estimate of drug-likeness (QED) is 0.728. The van der Waals surface area contributed by atoms with Crippen molar-refractivity contribution < 1.29 is 5.11 Å². The Kier molecular flexibility index (Phi) is 3.30. The zero-order valence-electron chi connectivity index (χ0n) is 7.70. The fraction of sp³-hybridized carbons (Fsp3) is 0.455. The van der Waals surface area contributed by atoms with Gasteiger partial charge >= 0.3 is 0 Å². The first-order chi connectivity index (χ1) is 5.75. The molecule has 1 nitrogen and oxygen atoms in total. The van der Waals surface area contributed by atoms with E-state index in [2.05, 4.69) is 13.8 Å². The number of hydrogen-bond donors (Lipinski definition) is 1. The molecule has 1 aromatic rings. The first-order valence-corrected chi connectivity index (χ1v) is 4.48. The molecule has 0 aromatic heterocycles. The summed E-state index contributed by atoms with van der Waals surface area (Å²) in [5.41, 5.74) is 1.02. The largest absolute Gasteiger partial charge is 0.388 e. The molecule has 2 atom stereocenters. The lowest BCUT2D eigenvalue weighted by Gasteiger charge is -2.16. The number of aliphatic hydroxyl groups is 1. The molecule has 0 aliphatic heterocycles. The van der Waals surface area contributed by atoms with Crippen molar-refractivity contribution in [2.24, 2.45) is 5.92 Å². The number of rotatable bonds is 3. The Morgan fingerprint density at radius 1 is 1.25 bits per heavy atom. The van der Waals surface area contributed by atoms with E-state index >= 15 is 0 Å². The Bertz CT molecular complexity index is 218. The van der Waals surface area contributed by atoms with E-state index in [0.29, 0.717) is 5.92 Å². The third kappa shape index (κ3) is 2.08. The predicted octanol–water partition coefficient (Wildman–Crippen LogP) is 2.77. The van der Waals surface area contributed by atoms with Gasteiger partial charge in [-0.1, -0.05) is 50.6 Å². The van der Waals surface area contributed by atoms with E-state index < -0.39 is 0 Å². The van der Waals surface area contributed by atoms with E-state index in [0.717, 1.165) is 12.0 Å². The van der Waals surface area contributed by atoms with E-state index in [4.69, 9.17) is 0 Å². The first-order valence-electron chi connectivity index (χ1n) is 4.48. The topological polar surface area (TPSA) is 20.2 Å². The summed E-state index contributed by atoms with van der Waals surface area (Å²) < 4.78 is 0. The zero-order valence-corrected chi connectivity index (χ0v) is 7.70. The third-order valence-electron chi connectivity index (χ3n) is 2.32. The Balaban J connectivity index is 2.71. The van der Waals surface area contributed by atoms with Crippen molar-refractivity contribution in [1.82, 2.24) is 0 Å². The molecule has 1 N–H and O–H groups in total. The molecule has 0 amide bonds. The van der Waals surface area contributed by atoms with Crippen molar-refractivity contribution in [2.75, 3.05) is 0 Å². The highest BCUT2D eigenvalue weighted by molar-refractivity contribution is 5.17. The summed E-state index contributed by atoms with van der Waals surface area (Å²) in [5.74, 6) is 0.340. The van der Waals surface area contributed by atoms with Gasteiger partial charge in [0.1, 0.15) is 0 Å². The van der Waals surface area contributed by atoms with Gasteiger partial charge in [0.25, 0.3) is 0 Å². The van der Waals surface area contributed by atoms with E-state index in [1.165, 1.54) is 0 Å². The van der Waals surface area contributed by atoms with Crippen LogP contribution in [0.25, 0.3) is 0 Å². The lowest BCUT2D eigenvalue weighted by atomic mass is 9.95. The zero-order chi connectivity index (χ0) is 8.97. The second-order valence-corrected chi connectivity index (χ2v) is 3.24. The van der Waals surface area contributed by atoms with Gasteiger partial charge in [0, 0.05) is 0 Å². The molecule has 12 heavy (non-hydrogen) atoms. The highest BCUT2D eigenvalue weighted by atomic mass is 16.3. The maximum Gasteiger partial charge on any atom is 0.0815 e. The molecular weight excluding hydrogens is 148 g/mol. The fourth-order valence-electron chi connectivity index (χ4n) is 1.20. The van der Waals surface area contributed by atoms with Crippen LogP contribution < -0.4 is 0 Å². The summed E-state index contributed by atoms with van der Waals surface area (Å²) in [5, 5.41) is 9.79. The van der Waals surface area contributed by atoms with Crippen LogP contribution in [0.5, 0.6) is 0 Å². The van der Waals surface area contributed by atoms with Gasteiger partial charge in [0.15, 0.2) is 0 Å². The molecule has 0 spiro atoms. The Labute approximate surface area is 74.1 Å². The van der Waals surface area contributed by atoms with Crippen LogP contribution in [0, 0.1) is 5.92 Å². The standard InChI is InChI=1S/C11H16O/c1-3-9(2)11(12)10-7-5-4-6-8-10/h4-9,11-12H,3H2,1-2H3. The van der Waals surface area contributed by atoms with Crippen molar-refractivity contribution in [3.63, 3.8) is 0 Å². The molecule has 2 unspecified atom stereocenters. The molecule has 66 valence electrons. The number of aliphatic hydroxyl groups excluding tert-OH is 1. The van der Waals surface area contributed by atoms with Crippen molar-refractivity contribution in [3.8, 4) is 0 Å². The Morgan fingerprint density at radius 3 is 2.33 bits per heavy atom. The summed E-state index contributed by atoms with van der Waals surface area (Å²) in [7, 11) is 0. The van der Waals surface area contributed by atoms with Gasteiger partial charge in [-0.25, -0.2) is 0 Å². The molecule has 0 bridgehead atoms. The van der Waals surface area contributed by atoms with E-state index in [1.807, 2.05) is 30.3 Å². The smallest absolute Gasteiger partial charge is 0.0815 e. The minimum absolute atomic E-state index is 0.309. The third-order valence-corrected chi connectivity index (χ3v) is 2.32. The number of hydrogen-bond acceptors (Lipinski definition) is 1. The van der Waals surface area contributed by atoms with Gasteiger partial charge < -0.3 is 5.11 Å². The summed E-state index contributed by atoms with van der Waals surface area (Å²) in [4.78, 5) is 0. The van der Waals surface area contributed by atoms with Gasteiger partial charge in [-0.15, -0.1) is 0 Å². The normalized spacial score (nSPS) is 15.6. The summed E-state index contributed by atoms with van der Waals surface area (Å²) >= 11 is 0. The van der Waals surface area contributed by atoms with Gasteiger partial charge in [0.05, 0.1) is 6.10 Å². The van der Waals surface area contributed by atoms with Crippen LogP contribution in [-0.4, -0.2) is 5.11 Å². The molecule has 0 heterocycles. The lowest BCUT2D eigenvalue weighted by Crippen LogP contribution is -2.07. The average Bonchev–Trinajstić information content (AvgIpc) is 2.17. The van der Waals surface area contributed by atoms with Crippen LogP contribution in [0.3, 0.4) is 0 Å². The average molecular weight is 164 g/mol. The minimum Gasteiger partial charge on any atom is -0.388 e. The van der Waals surface area contributed by atoms with E-state index in [1.54, 1.807) is 0 Å². The second kappa shape index (κ2) is 4.27. The first kappa shape index (κ1) is 9.27. The van der Waals surface area contributed by atoms with E-state index in [-0.39, 0.29) is 6.10 Å². The highest BCUT2D eigenvalue weighted by Gasteiger charge is 2.13. The molecular formula is C11H16O. The van der Waals surface area contributed by atoms with Gasteiger partial charge in [-0.3, -0.25) is 0 Å². The van der Waals surface area contributed by atoms with Crippen molar-refractivity contribution in [2.45, 2.75) is 26.4 Å². The van der Waals surface area contributed by atoms with Gasteiger partial charge in [-0.2, -0.15) is 0 Å². The molecule has 0 aliphatic carbocycles. The van der Waals surface area contributed by atoms with E-state index in [9.17, 15) is 5.11 Å². The monoisotopic (exact) mass is 164 g/mol. The van der Waals surface area contributed by atoms with Crippen LogP contribution in [0.2, 0.25) is 0 Å². The molecule has 1 rings (SSSR count). The predicted molar refractivity (Wildman–Crippen MR) is 50.9 cm³/mol. The van der Waals surface area contributed by atoms with Crippen LogP contribution in [-0.2, 0) is 0 Å². The molecule has 0 radical (unpaired) electrons. The SMILES string of the molecule is CCC(C)C(O)c1ccccc1. The summed E-state index contributed by atoms with van der Waals surface area (Å²) in [6.07, 6.45) is 0.701. The number of benzene rings is 1. The molecule has 1 heteroatoms. The van der Waals surface area contributed by atoms with Crippen molar-refractivity contribution >= 4 is 0 Å². The fourth-order valence-corrected chi connectivity index (χ4v) is 1.20. The molecule has 0 fully saturated rings. The van der Waals surface area contributed by atoms with Crippen LogP contribution >= 0.6 is 0 Å². The van der Waals surface area contributed by atoms with Gasteiger partial charge in [-0.05, 0) is 11.5 Å². The Morgan fingerprint density at radius 2 is 1.83 bits per heavy atom. The molecule has 0 aliphatic rings. The maximum absolute atomic E-state index is 9.79. The van der Waals surface area contributed by atoms with Crippen molar-refractivity contribution in [3.05, 3.63) is 35.9 Å². The maximum atomic E-state index is 9.79. The molecule has 1 aromatic carbocycles. The highest BCUT2D eigenvalue weighted by Crippen LogP contribution is 2.23.